The summed E-state index contributed by atoms with van der Waals surface area (Å²) in [7, 11) is 1.69. The van der Waals surface area contributed by atoms with Gasteiger partial charge in [0.1, 0.15) is 11.5 Å². The first kappa shape index (κ1) is 27.5. The van der Waals surface area contributed by atoms with Crippen LogP contribution in [0.15, 0.2) is 127 Å². The molecule has 3 heteroatoms. The summed E-state index contributed by atoms with van der Waals surface area (Å²) in [5.74, 6) is 1.67. The number of hydrogen-bond donors (Lipinski definition) is 0. The van der Waals surface area contributed by atoms with Crippen molar-refractivity contribution in [1.82, 2.24) is 0 Å². The second kappa shape index (κ2) is 9.82. The molecule has 224 valence electrons. The first-order valence-electron chi connectivity index (χ1n) is 16.0. The van der Waals surface area contributed by atoms with Gasteiger partial charge in [-0.3, -0.25) is 0 Å². The SMILES string of the molecule is COc1ccc(C2(c3ccc4ccc5ccccc5c4c3)C=Cc3c4c(c5ccccc5c3O2)-c2ccc(C#N)cc2C4(C)C)cc1. The van der Waals surface area contributed by atoms with Crippen LogP contribution in [-0.4, -0.2) is 7.11 Å². The Morgan fingerprint density at radius 2 is 1.36 bits per heavy atom. The predicted octanol–water partition coefficient (Wildman–Crippen LogP) is 10.7. The average molecular weight is 606 g/mol. The summed E-state index contributed by atoms with van der Waals surface area (Å²) in [4.78, 5) is 0. The van der Waals surface area contributed by atoms with Gasteiger partial charge in [0.25, 0.3) is 0 Å². The number of fused-ring (bicyclic) bond motifs is 11. The van der Waals surface area contributed by atoms with Crippen molar-refractivity contribution in [2.45, 2.75) is 24.9 Å². The van der Waals surface area contributed by atoms with Crippen LogP contribution in [0.5, 0.6) is 11.5 Å². The zero-order valence-corrected chi connectivity index (χ0v) is 26.5. The van der Waals surface area contributed by atoms with Gasteiger partial charge in [0, 0.05) is 27.5 Å². The lowest BCUT2D eigenvalue weighted by atomic mass is 9.76. The number of benzene rings is 7. The van der Waals surface area contributed by atoms with Crippen LogP contribution in [0.3, 0.4) is 0 Å². The lowest BCUT2D eigenvalue weighted by molar-refractivity contribution is 0.163. The van der Waals surface area contributed by atoms with E-state index in [1.165, 1.54) is 43.8 Å². The van der Waals surface area contributed by atoms with Gasteiger partial charge < -0.3 is 9.47 Å². The highest BCUT2D eigenvalue weighted by atomic mass is 16.5. The molecule has 0 N–H and O–H groups in total. The molecule has 1 heterocycles. The fourth-order valence-corrected chi connectivity index (χ4v) is 8.05. The molecular weight excluding hydrogens is 574 g/mol. The lowest BCUT2D eigenvalue weighted by Gasteiger charge is -2.38. The smallest absolute Gasteiger partial charge is 0.178 e. The van der Waals surface area contributed by atoms with Crippen LogP contribution in [-0.2, 0) is 11.0 Å². The highest BCUT2D eigenvalue weighted by molar-refractivity contribution is 6.09. The summed E-state index contributed by atoms with van der Waals surface area (Å²) < 4.78 is 13.1. The van der Waals surface area contributed by atoms with Gasteiger partial charge in [0.2, 0.25) is 0 Å². The quantitative estimate of drug-likeness (QED) is 0.188. The van der Waals surface area contributed by atoms with Crippen LogP contribution in [0.2, 0.25) is 0 Å². The Bertz CT molecular complexity index is 2520. The minimum Gasteiger partial charge on any atom is -0.497 e. The molecule has 1 aliphatic heterocycles. The van der Waals surface area contributed by atoms with Crippen molar-refractivity contribution in [2.75, 3.05) is 7.11 Å². The Balaban J connectivity index is 1.34. The summed E-state index contributed by atoms with van der Waals surface area (Å²) in [5, 5.41) is 16.8. The molecule has 0 bridgehead atoms. The molecule has 0 spiro atoms. The third kappa shape index (κ3) is 3.79. The maximum Gasteiger partial charge on any atom is 0.178 e. The van der Waals surface area contributed by atoms with Gasteiger partial charge in [-0.1, -0.05) is 111 Å². The summed E-state index contributed by atoms with van der Waals surface area (Å²) in [5.41, 5.74) is 7.44. The fraction of sp³-hybridized carbons (Fsp3) is 0.114. The van der Waals surface area contributed by atoms with E-state index >= 15 is 0 Å². The van der Waals surface area contributed by atoms with Gasteiger partial charge in [0.15, 0.2) is 5.60 Å². The van der Waals surface area contributed by atoms with E-state index in [-0.39, 0.29) is 5.41 Å². The molecule has 7 aromatic rings. The van der Waals surface area contributed by atoms with Crippen LogP contribution in [0.25, 0.3) is 49.5 Å². The van der Waals surface area contributed by atoms with Crippen LogP contribution < -0.4 is 9.47 Å². The predicted molar refractivity (Wildman–Crippen MR) is 191 cm³/mol. The molecule has 47 heavy (non-hydrogen) atoms. The van der Waals surface area contributed by atoms with E-state index in [1.54, 1.807) is 7.11 Å². The third-order valence-corrected chi connectivity index (χ3v) is 10.4. The number of ether oxygens (including phenoxy) is 2. The van der Waals surface area contributed by atoms with E-state index in [9.17, 15) is 5.26 Å². The van der Waals surface area contributed by atoms with Gasteiger partial charge in [0.05, 0.1) is 18.7 Å². The Morgan fingerprint density at radius 1 is 0.681 bits per heavy atom. The topological polar surface area (TPSA) is 42.2 Å². The molecule has 0 amide bonds. The molecule has 1 aliphatic carbocycles. The van der Waals surface area contributed by atoms with Crippen molar-refractivity contribution in [2.24, 2.45) is 0 Å². The van der Waals surface area contributed by atoms with Gasteiger partial charge in [-0.2, -0.15) is 5.26 Å². The van der Waals surface area contributed by atoms with Gasteiger partial charge >= 0.3 is 0 Å². The van der Waals surface area contributed by atoms with Gasteiger partial charge in [-0.15, -0.1) is 0 Å². The molecule has 0 radical (unpaired) electrons. The summed E-state index contributed by atoms with van der Waals surface area (Å²) in [6.45, 7) is 4.53. The number of methoxy groups -OCH3 is 1. The summed E-state index contributed by atoms with van der Waals surface area (Å²) in [6, 6.07) is 44.9. The molecule has 3 nitrogen and oxygen atoms in total. The maximum atomic E-state index is 9.76. The Morgan fingerprint density at radius 3 is 2.13 bits per heavy atom. The molecule has 9 rings (SSSR count). The monoisotopic (exact) mass is 605 g/mol. The van der Waals surface area contributed by atoms with Crippen molar-refractivity contribution in [3.63, 3.8) is 0 Å². The zero-order valence-electron chi connectivity index (χ0n) is 26.5. The number of nitrogens with zero attached hydrogens (tertiary/aromatic N) is 1. The summed E-state index contributed by atoms with van der Waals surface area (Å²) >= 11 is 0. The normalized spacial score (nSPS) is 17.1. The molecule has 1 atom stereocenters. The van der Waals surface area contributed by atoms with Crippen molar-refractivity contribution in [3.8, 4) is 28.7 Å². The van der Waals surface area contributed by atoms with E-state index < -0.39 is 5.60 Å². The van der Waals surface area contributed by atoms with Crippen molar-refractivity contribution in [3.05, 3.63) is 161 Å². The Labute approximate surface area is 273 Å². The second-order valence-corrected chi connectivity index (χ2v) is 13.2. The lowest BCUT2D eigenvalue weighted by Crippen LogP contribution is -2.35. The van der Waals surface area contributed by atoms with Crippen molar-refractivity contribution >= 4 is 38.4 Å². The van der Waals surface area contributed by atoms with Crippen LogP contribution in [0, 0.1) is 11.3 Å². The molecular formula is C44H31NO2. The number of hydrogen-bond acceptors (Lipinski definition) is 3. The van der Waals surface area contributed by atoms with E-state index in [4.69, 9.17) is 9.47 Å². The van der Waals surface area contributed by atoms with E-state index in [2.05, 4.69) is 135 Å². The number of nitriles is 1. The molecule has 0 saturated heterocycles. The summed E-state index contributed by atoms with van der Waals surface area (Å²) in [6.07, 6.45) is 4.51. The Hall–Kier alpha value is -5.85. The third-order valence-electron chi connectivity index (χ3n) is 10.4. The zero-order chi connectivity index (χ0) is 31.9. The molecule has 1 unspecified atom stereocenters. The van der Waals surface area contributed by atoms with Crippen LogP contribution in [0.1, 0.15) is 47.2 Å². The van der Waals surface area contributed by atoms with Gasteiger partial charge in [-0.25, -0.2) is 0 Å². The van der Waals surface area contributed by atoms with Crippen molar-refractivity contribution < 1.29 is 9.47 Å². The molecule has 7 aromatic carbocycles. The highest BCUT2D eigenvalue weighted by Crippen LogP contribution is 2.58. The van der Waals surface area contributed by atoms with Crippen molar-refractivity contribution in [1.29, 1.82) is 5.26 Å². The second-order valence-electron chi connectivity index (χ2n) is 13.2. The van der Waals surface area contributed by atoms with Crippen LogP contribution in [0.4, 0.5) is 0 Å². The van der Waals surface area contributed by atoms with Gasteiger partial charge in [-0.05, 0) is 85.6 Å². The standard InChI is InChI=1S/C44H31NO2/c1-43(2)39-24-27(26-45)12-21-36(39)40-34-10-6-7-11-35(34)42-37(41(40)43)22-23-44(47-42,30-17-19-32(46-3)20-18-30)31-16-15-29-14-13-28-8-4-5-9-33(28)38(29)25-31/h4-25H,1-3H3. The highest BCUT2D eigenvalue weighted by Gasteiger charge is 2.44. The molecule has 0 saturated carbocycles. The number of rotatable bonds is 3. The first-order chi connectivity index (χ1) is 22.9. The molecule has 2 aliphatic rings. The van der Waals surface area contributed by atoms with E-state index in [0.717, 1.165) is 39.0 Å². The van der Waals surface area contributed by atoms with E-state index in [1.807, 2.05) is 18.2 Å². The minimum absolute atomic E-state index is 0.332. The first-order valence-corrected chi connectivity index (χ1v) is 16.0. The van der Waals surface area contributed by atoms with Crippen LogP contribution >= 0.6 is 0 Å². The molecule has 0 fully saturated rings. The fourth-order valence-electron chi connectivity index (χ4n) is 8.05. The molecule has 0 aromatic heterocycles. The maximum absolute atomic E-state index is 9.76. The minimum atomic E-state index is -0.898. The largest absolute Gasteiger partial charge is 0.497 e. The average Bonchev–Trinajstić information content (AvgIpc) is 3.37. The van der Waals surface area contributed by atoms with E-state index in [0.29, 0.717) is 5.56 Å². The Kier molecular flexibility index (Phi) is 5.74.